The first-order valence-electron chi connectivity index (χ1n) is 8.45. The maximum Gasteiger partial charge on any atom is 0.237 e. The summed E-state index contributed by atoms with van der Waals surface area (Å²) in [6.07, 6.45) is 1.69. The third-order valence-electron chi connectivity index (χ3n) is 4.60. The Bertz CT molecular complexity index is 495. The number of carbonyl (C=O) groups is 1. The average molecular weight is 319 g/mol. The molecular weight excluding hydrogens is 290 g/mol. The van der Waals surface area contributed by atoms with Gasteiger partial charge in [-0.2, -0.15) is 0 Å². The molecule has 23 heavy (non-hydrogen) atoms. The topological polar surface area (TPSA) is 90.4 Å². The van der Waals surface area contributed by atoms with Crippen molar-refractivity contribution in [3.63, 3.8) is 0 Å². The van der Waals surface area contributed by atoms with Crippen LogP contribution < -0.4 is 16.8 Å². The molecule has 1 heterocycles. The van der Waals surface area contributed by atoms with Crippen LogP contribution in [0, 0.1) is 5.92 Å². The highest BCUT2D eigenvalue weighted by Gasteiger charge is 2.26. The molecule has 1 aliphatic heterocycles. The van der Waals surface area contributed by atoms with Crippen LogP contribution in [0.4, 0.5) is 0 Å². The van der Waals surface area contributed by atoms with Crippen molar-refractivity contribution in [1.82, 2.24) is 5.32 Å². The Hall–Kier alpha value is -1.43. The fourth-order valence-corrected chi connectivity index (χ4v) is 2.86. The van der Waals surface area contributed by atoms with Crippen LogP contribution in [-0.4, -0.2) is 31.7 Å². The van der Waals surface area contributed by atoms with Gasteiger partial charge < -0.3 is 21.5 Å². The van der Waals surface area contributed by atoms with E-state index in [9.17, 15) is 4.79 Å². The lowest BCUT2D eigenvalue weighted by Gasteiger charge is -2.27. The van der Waals surface area contributed by atoms with E-state index >= 15 is 0 Å². The molecule has 128 valence electrons. The van der Waals surface area contributed by atoms with Gasteiger partial charge in [0.2, 0.25) is 5.91 Å². The maximum absolute atomic E-state index is 12.2. The Balaban J connectivity index is 1.82. The molecule has 5 N–H and O–H groups in total. The molecule has 0 aromatic heterocycles. The second-order valence-corrected chi connectivity index (χ2v) is 6.65. The minimum atomic E-state index is -0.477. The molecule has 1 fully saturated rings. The fourth-order valence-electron chi connectivity index (χ4n) is 2.86. The molecule has 1 aromatic rings. The van der Waals surface area contributed by atoms with Crippen molar-refractivity contribution >= 4 is 5.91 Å². The van der Waals surface area contributed by atoms with Crippen molar-refractivity contribution in [2.75, 3.05) is 19.8 Å². The zero-order chi connectivity index (χ0) is 16.8. The molecule has 0 bridgehead atoms. The fraction of sp³-hybridized carbons (Fsp3) is 0.611. The monoisotopic (exact) mass is 319 g/mol. The van der Waals surface area contributed by atoms with E-state index in [-0.39, 0.29) is 17.9 Å². The van der Waals surface area contributed by atoms with Crippen molar-refractivity contribution in [1.29, 1.82) is 0 Å². The van der Waals surface area contributed by atoms with Gasteiger partial charge in [-0.25, -0.2) is 0 Å². The third-order valence-corrected chi connectivity index (χ3v) is 4.60. The Kier molecular flexibility index (Phi) is 6.57. The van der Waals surface area contributed by atoms with Crippen LogP contribution in [0.3, 0.4) is 0 Å². The van der Waals surface area contributed by atoms with Gasteiger partial charge in [-0.3, -0.25) is 4.79 Å². The second-order valence-electron chi connectivity index (χ2n) is 6.65. The largest absolute Gasteiger partial charge is 0.381 e. The summed E-state index contributed by atoms with van der Waals surface area (Å²) in [5.74, 6) is 0.578. The number of carbonyl (C=O) groups excluding carboxylic acids is 1. The highest BCUT2D eigenvalue weighted by molar-refractivity contribution is 5.81. The standard InChI is InChI=1S/C18H29N3O2/c1-12(2)13-3-5-14(6-4-13)16(19)11-21-18(22)17(20)15-7-9-23-10-8-15/h3-6,12,15-17H,7-11,19-20H2,1-2H3,(H,21,22). The molecule has 5 heteroatoms. The predicted octanol–water partition coefficient (Wildman–Crippen LogP) is 1.68. The number of nitrogens with one attached hydrogen (secondary N) is 1. The van der Waals surface area contributed by atoms with Crippen molar-refractivity contribution in [3.8, 4) is 0 Å². The predicted molar refractivity (Wildman–Crippen MR) is 92.0 cm³/mol. The molecule has 0 radical (unpaired) electrons. The van der Waals surface area contributed by atoms with Crippen molar-refractivity contribution < 1.29 is 9.53 Å². The van der Waals surface area contributed by atoms with Gasteiger partial charge in [0, 0.05) is 25.8 Å². The Morgan fingerprint density at radius 3 is 2.30 bits per heavy atom. The summed E-state index contributed by atoms with van der Waals surface area (Å²) < 4.78 is 5.30. The Morgan fingerprint density at radius 2 is 1.74 bits per heavy atom. The summed E-state index contributed by atoms with van der Waals surface area (Å²) in [6.45, 7) is 6.09. The SMILES string of the molecule is CC(C)c1ccc(C(N)CNC(=O)C(N)C2CCOCC2)cc1. The van der Waals surface area contributed by atoms with Gasteiger partial charge in [-0.1, -0.05) is 38.1 Å². The van der Waals surface area contributed by atoms with E-state index in [1.807, 2.05) is 12.1 Å². The number of hydrogen-bond acceptors (Lipinski definition) is 4. The van der Waals surface area contributed by atoms with Crippen LogP contribution in [0.1, 0.15) is 49.8 Å². The maximum atomic E-state index is 12.2. The normalized spacial score (nSPS) is 18.7. The molecule has 1 saturated heterocycles. The van der Waals surface area contributed by atoms with Crippen LogP contribution >= 0.6 is 0 Å². The molecule has 1 aromatic carbocycles. The van der Waals surface area contributed by atoms with Crippen LogP contribution in [0.5, 0.6) is 0 Å². The molecule has 5 nitrogen and oxygen atoms in total. The number of rotatable bonds is 6. The Morgan fingerprint density at radius 1 is 1.17 bits per heavy atom. The van der Waals surface area contributed by atoms with E-state index in [1.54, 1.807) is 0 Å². The van der Waals surface area contributed by atoms with Gasteiger partial charge in [-0.05, 0) is 35.8 Å². The lowest BCUT2D eigenvalue weighted by Crippen LogP contribution is -2.48. The quantitative estimate of drug-likeness (QED) is 0.744. The molecule has 0 saturated carbocycles. The molecular formula is C18H29N3O2. The van der Waals surface area contributed by atoms with E-state index in [1.165, 1.54) is 5.56 Å². The molecule has 0 aliphatic carbocycles. The summed E-state index contributed by atoms with van der Waals surface area (Å²) in [5, 5.41) is 2.89. The van der Waals surface area contributed by atoms with E-state index in [2.05, 4.69) is 31.3 Å². The van der Waals surface area contributed by atoms with Crippen LogP contribution in [0.15, 0.2) is 24.3 Å². The molecule has 1 amide bonds. The summed E-state index contributed by atoms with van der Waals surface area (Å²) in [5.41, 5.74) is 14.5. The molecule has 2 rings (SSSR count). The van der Waals surface area contributed by atoms with Gasteiger partial charge in [0.25, 0.3) is 0 Å². The zero-order valence-corrected chi connectivity index (χ0v) is 14.1. The first-order valence-corrected chi connectivity index (χ1v) is 8.45. The number of hydrogen-bond donors (Lipinski definition) is 3. The molecule has 0 spiro atoms. The first-order chi connectivity index (χ1) is 11.0. The van der Waals surface area contributed by atoms with Crippen LogP contribution in [-0.2, 0) is 9.53 Å². The highest BCUT2D eigenvalue weighted by Crippen LogP contribution is 2.19. The molecule has 2 unspecified atom stereocenters. The van der Waals surface area contributed by atoms with E-state index in [4.69, 9.17) is 16.2 Å². The summed E-state index contributed by atoms with van der Waals surface area (Å²) in [4.78, 5) is 12.2. The highest BCUT2D eigenvalue weighted by atomic mass is 16.5. The number of amides is 1. The number of ether oxygens (including phenoxy) is 1. The van der Waals surface area contributed by atoms with Crippen molar-refractivity contribution in [2.24, 2.45) is 17.4 Å². The lowest BCUT2D eigenvalue weighted by atomic mass is 9.92. The van der Waals surface area contributed by atoms with Crippen molar-refractivity contribution in [3.05, 3.63) is 35.4 Å². The van der Waals surface area contributed by atoms with Gasteiger partial charge >= 0.3 is 0 Å². The second kappa shape index (κ2) is 8.43. The summed E-state index contributed by atoms with van der Waals surface area (Å²) in [7, 11) is 0. The summed E-state index contributed by atoms with van der Waals surface area (Å²) >= 11 is 0. The van der Waals surface area contributed by atoms with Crippen LogP contribution in [0.2, 0.25) is 0 Å². The van der Waals surface area contributed by atoms with Crippen LogP contribution in [0.25, 0.3) is 0 Å². The Labute approximate surface area is 138 Å². The summed E-state index contributed by atoms with van der Waals surface area (Å²) in [6, 6.07) is 7.55. The van der Waals surface area contributed by atoms with Gasteiger partial charge in [-0.15, -0.1) is 0 Å². The van der Waals surface area contributed by atoms with Gasteiger partial charge in [0.1, 0.15) is 0 Å². The molecule has 2 atom stereocenters. The third kappa shape index (κ3) is 5.03. The van der Waals surface area contributed by atoms with E-state index in [0.29, 0.717) is 25.7 Å². The zero-order valence-electron chi connectivity index (χ0n) is 14.1. The number of nitrogens with two attached hydrogens (primary N) is 2. The minimum Gasteiger partial charge on any atom is -0.381 e. The lowest BCUT2D eigenvalue weighted by molar-refractivity contribution is -0.124. The van der Waals surface area contributed by atoms with Crippen molar-refractivity contribution in [2.45, 2.75) is 44.7 Å². The average Bonchev–Trinajstić information content (AvgIpc) is 2.59. The molecule has 1 aliphatic rings. The minimum absolute atomic E-state index is 0.119. The van der Waals surface area contributed by atoms with E-state index < -0.39 is 6.04 Å². The van der Waals surface area contributed by atoms with Gasteiger partial charge in [0.15, 0.2) is 0 Å². The first kappa shape index (κ1) is 17.9. The van der Waals surface area contributed by atoms with E-state index in [0.717, 1.165) is 18.4 Å². The number of benzene rings is 1. The smallest absolute Gasteiger partial charge is 0.237 e. The van der Waals surface area contributed by atoms with Gasteiger partial charge in [0.05, 0.1) is 6.04 Å².